The molecule has 4 aromatic rings. The molecule has 0 aliphatic rings. The van der Waals surface area contributed by atoms with Crippen molar-refractivity contribution in [3.63, 3.8) is 0 Å². The number of aryl methyl sites for hydroxylation is 2. The van der Waals surface area contributed by atoms with Crippen LogP contribution < -0.4 is 15.2 Å². The molecule has 44 heavy (non-hydrogen) atoms. The summed E-state index contributed by atoms with van der Waals surface area (Å²) in [6.45, 7) is 4.77. The van der Waals surface area contributed by atoms with E-state index in [9.17, 15) is 23.1 Å². The average molecular weight is 607 g/mol. The zero-order chi connectivity index (χ0) is 31.7. The third kappa shape index (κ3) is 9.33. The maximum atomic E-state index is 14.2. The number of rotatable bonds is 14. The monoisotopic (exact) mass is 606 g/mol. The number of para-hydroxylation sites is 2. The summed E-state index contributed by atoms with van der Waals surface area (Å²) in [5.41, 5.74) is 9.92. The summed E-state index contributed by atoms with van der Waals surface area (Å²) < 4.78 is 54.5. The van der Waals surface area contributed by atoms with Crippen molar-refractivity contribution in [3.8, 4) is 11.5 Å². The molecule has 1 atom stereocenters. The first-order valence-corrected chi connectivity index (χ1v) is 14.3. The molecule has 4 rings (SSSR count). The van der Waals surface area contributed by atoms with Gasteiger partial charge in [0.2, 0.25) is 0 Å². The van der Waals surface area contributed by atoms with E-state index in [4.69, 9.17) is 15.2 Å². The number of aliphatic carboxylic acids is 1. The summed E-state index contributed by atoms with van der Waals surface area (Å²) in [6, 6.07) is 25.7. The fourth-order valence-electron chi connectivity index (χ4n) is 4.94. The second-order valence-electron chi connectivity index (χ2n) is 10.9. The van der Waals surface area contributed by atoms with Crippen LogP contribution in [0, 0.1) is 13.8 Å². The largest absolute Gasteiger partial charge is 0.489 e. The standard InChI is InChI=1S/C35H37F3N2O4/c1-24-8-5-10-26(18-24)22-43-32-15-4-3-12-28(32)20-40(17-16-31(39)34(41)42)21-29-13-7-14-30(35(36,37)38)33(29)44-23-27-11-6-9-25(2)19-27/h3-15,18-19,31H,16-17,20-23,39H2,1-2H3,(H,41,42)/t31-/m0/s1. The number of carboxylic acid groups (broad SMARTS) is 1. The second-order valence-corrected chi connectivity index (χ2v) is 10.9. The number of hydrogen-bond donors (Lipinski definition) is 2. The van der Waals surface area contributed by atoms with Crippen molar-refractivity contribution in [1.29, 1.82) is 0 Å². The molecule has 0 amide bonds. The number of nitrogens with two attached hydrogens (primary N) is 1. The summed E-state index contributed by atoms with van der Waals surface area (Å²) in [7, 11) is 0. The Labute approximate surface area is 255 Å². The predicted octanol–water partition coefficient (Wildman–Crippen LogP) is 7.28. The van der Waals surface area contributed by atoms with Crippen LogP contribution in [-0.4, -0.2) is 28.6 Å². The minimum Gasteiger partial charge on any atom is -0.489 e. The van der Waals surface area contributed by atoms with E-state index in [2.05, 4.69) is 0 Å². The highest BCUT2D eigenvalue weighted by Gasteiger charge is 2.35. The van der Waals surface area contributed by atoms with E-state index >= 15 is 0 Å². The predicted molar refractivity (Wildman–Crippen MR) is 163 cm³/mol. The molecule has 0 bridgehead atoms. The van der Waals surface area contributed by atoms with E-state index < -0.39 is 23.8 Å². The lowest BCUT2D eigenvalue weighted by molar-refractivity contribution is -0.140. The fraction of sp³-hybridized carbons (Fsp3) is 0.286. The molecule has 0 saturated carbocycles. The van der Waals surface area contributed by atoms with Crippen molar-refractivity contribution < 1.29 is 32.5 Å². The smallest absolute Gasteiger partial charge is 0.419 e. The van der Waals surface area contributed by atoms with E-state index in [0.717, 1.165) is 33.9 Å². The van der Waals surface area contributed by atoms with Crippen LogP contribution in [0.5, 0.6) is 11.5 Å². The van der Waals surface area contributed by atoms with Crippen LogP contribution in [0.3, 0.4) is 0 Å². The van der Waals surface area contributed by atoms with Gasteiger partial charge in [0.05, 0.1) is 5.56 Å². The van der Waals surface area contributed by atoms with Crippen LogP contribution >= 0.6 is 0 Å². The molecule has 0 radical (unpaired) electrons. The quantitative estimate of drug-likeness (QED) is 0.157. The zero-order valence-corrected chi connectivity index (χ0v) is 24.8. The normalized spacial score (nSPS) is 12.2. The van der Waals surface area contributed by atoms with Gasteiger partial charge in [-0.05, 0) is 43.5 Å². The van der Waals surface area contributed by atoms with Gasteiger partial charge < -0.3 is 20.3 Å². The first-order valence-electron chi connectivity index (χ1n) is 14.3. The van der Waals surface area contributed by atoms with Gasteiger partial charge in [-0.3, -0.25) is 9.69 Å². The Morgan fingerprint density at radius 3 is 2.00 bits per heavy atom. The molecule has 0 aliphatic heterocycles. The summed E-state index contributed by atoms with van der Waals surface area (Å²) in [5, 5.41) is 9.38. The molecule has 0 heterocycles. The van der Waals surface area contributed by atoms with E-state index in [0.29, 0.717) is 17.9 Å². The Morgan fingerprint density at radius 2 is 1.39 bits per heavy atom. The number of nitrogens with zero attached hydrogens (tertiary/aromatic N) is 1. The van der Waals surface area contributed by atoms with Crippen LogP contribution in [0.2, 0.25) is 0 Å². The molecular formula is C35H37F3N2O4. The van der Waals surface area contributed by atoms with Gasteiger partial charge >= 0.3 is 12.1 Å². The van der Waals surface area contributed by atoms with Gasteiger partial charge in [-0.15, -0.1) is 0 Å². The Morgan fingerprint density at radius 1 is 0.818 bits per heavy atom. The maximum Gasteiger partial charge on any atom is 0.419 e. The van der Waals surface area contributed by atoms with Gasteiger partial charge in [-0.1, -0.05) is 90.0 Å². The van der Waals surface area contributed by atoms with Crippen LogP contribution in [0.4, 0.5) is 13.2 Å². The van der Waals surface area contributed by atoms with Crippen molar-refractivity contribution in [2.75, 3.05) is 6.54 Å². The average Bonchev–Trinajstić information content (AvgIpc) is 2.98. The van der Waals surface area contributed by atoms with E-state index in [1.807, 2.05) is 85.5 Å². The highest BCUT2D eigenvalue weighted by Crippen LogP contribution is 2.39. The number of halogens is 3. The van der Waals surface area contributed by atoms with Crippen molar-refractivity contribution in [3.05, 3.63) is 130 Å². The number of benzene rings is 4. The van der Waals surface area contributed by atoms with E-state index in [1.54, 1.807) is 12.1 Å². The van der Waals surface area contributed by atoms with Crippen LogP contribution in [0.15, 0.2) is 91.0 Å². The third-order valence-corrected chi connectivity index (χ3v) is 7.18. The van der Waals surface area contributed by atoms with Gasteiger partial charge in [0.1, 0.15) is 30.8 Å². The molecule has 0 fully saturated rings. The summed E-state index contributed by atoms with van der Waals surface area (Å²) in [6.07, 6.45) is -4.54. The SMILES string of the molecule is Cc1cccc(COc2ccccc2CN(CC[C@H](N)C(=O)O)Cc2cccc(C(F)(F)F)c2OCc2cccc(C)c2)c1. The van der Waals surface area contributed by atoms with Crippen molar-refractivity contribution in [1.82, 2.24) is 4.90 Å². The van der Waals surface area contributed by atoms with Gasteiger partial charge in [-0.2, -0.15) is 13.2 Å². The topological polar surface area (TPSA) is 85.0 Å². The Bertz CT molecular complexity index is 1560. The second kappa shape index (κ2) is 14.9. The first-order chi connectivity index (χ1) is 21.0. The van der Waals surface area contributed by atoms with Crippen LogP contribution in [0.1, 0.15) is 45.4 Å². The molecule has 9 heteroatoms. The first kappa shape index (κ1) is 32.6. The van der Waals surface area contributed by atoms with Crippen LogP contribution in [-0.2, 0) is 37.3 Å². The molecule has 0 unspecified atom stereocenters. The van der Waals surface area contributed by atoms with Crippen molar-refractivity contribution in [2.24, 2.45) is 5.73 Å². The maximum absolute atomic E-state index is 14.2. The Kier molecular flexibility index (Phi) is 11.0. The lowest BCUT2D eigenvalue weighted by Gasteiger charge is -2.26. The van der Waals surface area contributed by atoms with E-state index in [1.165, 1.54) is 6.07 Å². The molecule has 3 N–H and O–H groups in total. The van der Waals surface area contributed by atoms with E-state index in [-0.39, 0.29) is 38.4 Å². The molecule has 6 nitrogen and oxygen atoms in total. The number of ether oxygens (including phenoxy) is 2. The van der Waals surface area contributed by atoms with Gasteiger partial charge in [0.15, 0.2) is 0 Å². The molecule has 0 aliphatic carbocycles. The summed E-state index contributed by atoms with van der Waals surface area (Å²) >= 11 is 0. The molecular weight excluding hydrogens is 569 g/mol. The highest BCUT2D eigenvalue weighted by atomic mass is 19.4. The van der Waals surface area contributed by atoms with Crippen molar-refractivity contribution >= 4 is 5.97 Å². The van der Waals surface area contributed by atoms with Crippen molar-refractivity contribution in [2.45, 2.75) is 58.8 Å². The Balaban J connectivity index is 1.62. The van der Waals surface area contributed by atoms with Crippen LogP contribution in [0.25, 0.3) is 0 Å². The number of hydrogen-bond acceptors (Lipinski definition) is 5. The summed E-state index contributed by atoms with van der Waals surface area (Å²) in [5.74, 6) is -0.771. The Hall–Kier alpha value is -4.34. The number of alkyl halides is 3. The van der Waals surface area contributed by atoms with Gasteiger partial charge in [-0.25, -0.2) is 0 Å². The minimum atomic E-state index is -4.63. The summed E-state index contributed by atoms with van der Waals surface area (Å²) in [4.78, 5) is 13.3. The zero-order valence-electron chi connectivity index (χ0n) is 24.8. The third-order valence-electron chi connectivity index (χ3n) is 7.18. The molecule has 232 valence electrons. The molecule has 0 spiro atoms. The van der Waals surface area contributed by atoms with Gasteiger partial charge in [0, 0.05) is 30.8 Å². The number of carbonyl (C=O) groups is 1. The molecule has 4 aromatic carbocycles. The minimum absolute atomic E-state index is 0.0404. The number of carboxylic acids is 1. The lowest BCUT2D eigenvalue weighted by atomic mass is 10.1. The molecule has 0 saturated heterocycles. The molecule has 0 aromatic heterocycles. The fourth-order valence-corrected chi connectivity index (χ4v) is 4.94. The van der Waals surface area contributed by atoms with Gasteiger partial charge in [0.25, 0.3) is 0 Å². The highest BCUT2D eigenvalue weighted by molar-refractivity contribution is 5.73. The lowest BCUT2D eigenvalue weighted by Crippen LogP contribution is -2.35.